The van der Waals surface area contributed by atoms with E-state index in [0.717, 1.165) is 29.9 Å². The van der Waals surface area contributed by atoms with Crippen LogP contribution in [0.1, 0.15) is 16.2 Å². The maximum atomic E-state index is 10.9. The summed E-state index contributed by atoms with van der Waals surface area (Å²) in [5.74, 6) is 0. The van der Waals surface area contributed by atoms with Gasteiger partial charge in [0.2, 0.25) is 0 Å². The zero-order chi connectivity index (χ0) is 10.3. The molecule has 1 aliphatic rings. The molecule has 0 fully saturated rings. The van der Waals surface area contributed by atoms with Gasteiger partial charge in [-0.3, -0.25) is 9.78 Å². The van der Waals surface area contributed by atoms with Crippen molar-refractivity contribution in [3.05, 3.63) is 42.0 Å². The van der Waals surface area contributed by atoms with E-state index in [1.54, 1.807) is 12.4 Å². The van der Waals surface area contributed by atoms with Crippen molar-refractivity contribution in [2.45, 2.75) is 6.54 Å². The van der Waals surface area contributed by atoms with E-state index in [1.807, 2.05) is 22.8 Å². The second-order valence-corrected chi connectivity index (χ2v) is 3.45. The van der Waals surface area contributed by atoms with E-state index in [-0.39, 0.29) is 0 Å². The van der Waals surface area contributed by atoms with Crippen LogP contribution < -0.4 is 5.32 Å². The lowest BCUT2D eigenvalue weighted by Gasteiger charge is -2.21. The fourth-order valence-electron chi connectivity index (χ4n) is 1.92. The van der Waals surface area contributed by atoms with Crippen LogP contribution in [0.15, 0.2) is 30.6 Å². The summed E-state index contributed by atoms with van der Waals surface area (Å²) >= 11 is 0. The molecule has 0 aromatic carbocycles. The van der Waals surface area contributed by atoms with Gasteiger partial charge in [-0.1, -0.05) is 0 Å². The molecule has 0 unspecified atom stereocenters. The minimum absolute atomic E-state index is 0.680. The third-order valence-corrected chi connectivity index (χ3v) is 2.61. The van der Waals surface area contributed by atoms with Crippen molar-refractivity contribution in [2.75, 3.05) is 5.32 Å². The molecule has 74 valence electrons. The van der Waals surface area contributed by atoms with Gasteiger partial charge in [0.25, 0.3) is 0 Å². The normalized spacial score (nSPS) is 12.5. The molecule has 3 heterocycles. The minimum Gasteiger partial charge on any atom is -0.377 e. The molecule has 0 aliphatic carbocycles. The first-order chi connectivity index (χ1) is 7.40. The Bertz CT molecular complexity index is 530. The lowest BCUT2D eigenvalue weighted by molar-refractivity contribution is 0.111. The van der Waals surface area contributed by atoms with Gasteiger partial charge in [0.15, 0.2) is 6.29 Å². The van der Waals surface area contributed by atoms with Crippen LogP contribution in [0, 0.1) is 0 Å². The molecule has 0 bridgehead atoms. The third kappa shape index (κ3) is 1.08. The van der Waals surface area contributed by atoms with Gasteiger partial charge in [-0.2, -0.15) is 0 Å². The number of fused-ring (bicyclic) bond motifs is 3. The smallest absolute Gasteiger partial charge is 0.166 e. The first-order valence-corrected chi connectivity index (χ1v) is 4.74. The highest BCUT2D eigenvalue weighted by Crippen LogP contribution is 2.27. The summed E-state index contributed by atoms with van der Waals surface area (Å²) in [7, 11) is 0. The number of aromatic nitrogens is 2. The summed E-state index contributed by atoms with van der Waals surface area (Å²) in [5, 5.41) is 3.26. The standard InChI is InChI=1S/C11H9N3O/c15-7-9-2-1-8-5-13-10-6-12-4-3-11(10)14(8)9/h1-4,6-7,13H,5H2. The van der Waals surface area contributed by atoms with Crippen LogP contribution in [0.4, 0.5) is 5.69 Å². The highest BCUT2D eigenvalue weighted by Gasteiger charge is 2.17. The predicted octanol–water partition coefficient (Wildman–Crippen LogP) is 1.61. The number of pyridine rings is 1. The fourth-order valence-corrected chi connectivity index (χ4v) is 1.92. The van der Waals surface area contributed by atoms with Gasteiger partial charge in [0, 0.05) is 11.9 Å². The molecule has 0 saturated heterocycles. The minimum atomic E-state index is 0.680. The van der Waals surface area contributed by atoms with Crippen LogP contribution in [0.25, 0.3) is 5.69 Å². The molecule has 15 heavy (non-hydrogen) atoms. The molecule has 4 heteroatoms. The highest BCUT2D eigenvalue weighted by atomic mass is 16.1. The molecule has 2 aromatic rings. The Kier molecular flexibility index (Phi) is 1.62. The monoisotopic (exact) mass is 199 g/mol. The van der Waals surface area contributed by atoms with Crippen molar-refractivity contribution >= 4 is 12.0 Å². The molecule has 4 nitrogen and oxygen atoms in total. The van der Waals surface area contributed by atoms with Crippen molar-refractivity contribution in [2.24, 2.45) is 0 Å². The Morgan fingerprint density at radius 2 is 2.33 bits per heavy atom. The number of carbonyl (C=O) groups excluding carboxylic acids is 1. The van der Waals surface area contributed by atoms with Crippen molar-refractivity contribution in [1.82, 2.24) is 9.55 Å². The van der Waals surface area contributed by atoms with Gasteiger partial charge in [0.05, 0.1) is 29.8 Å². The lowest BCUT2D eigenvalue weighted by atomic mass is 10.2. The average molecular weight is 199 g/mol. The number of nitrogens with zero attached hydrogens (tertiary/aromatic N) is 2. The van der Waals surface area contributed by atoms with E-state index in [0.29, 0.717) is 5.69 Å². The first kappa shape index (κ1) is 8.23. The van der Waals surface area contributed by atoms with Crippen LogP contribution in [0.5, 0.6) is 0 Å². The van der Waals surface area contributed by atoms with Gasteiger partial charge in [-0.25, -0.2) is 0 Å². The molecule has 3 rings (SSSR count). The Morgan fingerprint density at radius 1 is 1.40 bits per heavy atom. The van der Waals surface area contributed by atoms with Crippen LogP contribution in [-0.4, -0.2) is 15.8 Å². The van der Waals surface area contributed by atoms with E-state index in [4.69, 9.17) is 0 Å². The SMILES string of the molecule is O=Cc1ccc2n1-c1ccncc1NC2. The predicted molar refractivity (Wildman–Crippen MR) is 56.3 cm³/mol. The maximum Gasteiger partial charge on any atom is 0.166 e. The van der Waals surface area contributed by atoms with Gasteiger partial charge < -0.3 is 9.88 Å². The lowest BCUT2D eigenvalue weighted by Crippen LogP contribution is -2.16. The molecule has 2 aromatic heterocycles. The molecule has 0 saturated carbocycles. The number of hydrogen-bond acceptors (Lipinski definition) is 3. The second-order valence-electron chi connectivity index (χ2n) is 3.45. The van der Waals surface area contributed by atoms with E-state index >= 15 is 0 Å². The maximum absolute atomic E-state index is 10.9. The molecule has 1 N–H and O–H groups in total. The number of hydrogen-bond donors (Lipinski definition) is 1. The van der Waals surface area contributed by atoms with Crippen molar-refractivity contribution in [1.29, 1.82) is 0 Å². The zero-order valence-electron chi connectivity index (χ0n) is 7.97. The summed E-state index contributed by atoms with van der Waals surface area (Å²) in [5.41, 5.74) is 3.72. The van der Waals surface area contributed by atoms with Gasteiger partial charge >= 0.3 is 0 Å². The van der Waals surface area contributed by atoms with Gasteiger partial charge in [-0.05, 0) is 18.2 Å². The molecule has 0 spiro atoms. The number of nitrogens with one attached hydrogen (secondary N) is 1. The molecule has 0 atom stereocenters. The van der Waals surface area contributed by atoms with Crippen LogP contribution in [-0.2, 0) is 6.54 Å². The number of aldehydes is 1. The van der Waals surface area contributed by atoms with Gasteiger partial charge in [-0.15, -0.1) is 0 Å². The molecule has 0 radical (unpaired) electrons. The summed E-state index contributed by atoms with van der Waals surface area (Å²) < 4.78 is 1.96. The quantitative estimate of drug-likeness (QED) is 0.710. The Balaban J connectivity index is 2.31. The summed E-state index contributed by atoms with van der Waals surface area (Å²) in [6.45, 7) is 0.729. The van der Waals surface area contributed by atoms with Gasteiger partial charge in [0.1, 0.15) is 0 Å². The zero-order valence-corrected chi connectivity index (χ0v) is 7.97. The molecular formula is C11H9N3O. The number of anilines is 1. The molecular weight excluding hydrogens is 190 g/mol. The van der Waals surface area contributed by atoms with E-state index in [1.165, 1.54) is 0 Å². The largest absolute Gasteiger partial charge is 0.377 e. The van der Waals surface area contributed by atoms with Crippen LogP contribution in [0.3, 0.4) is 0 Å². The Morgan fingerprint density at radius 3 is 3.20 bits per heavy atom. The van der Waals surface area contributed by atoms with Crippen molar-refractivity contribution in [3.63, 3.8) is 0 Å². The van der Waals surface area contributed by atoms with E-state index < -0.39 is 0 Å². The van der Waals surface area contributed by atoms with Crippen molar-refractivity contribution < 1.29 is 4.79 Å². The topological polar surface area (TPSA) is 46.9 Å². The summed E-state index contributed by atoms with van der Waals surface area (Å²) in [6.07, 6.45) is 4.37. The number of carbonyl (C=O) groups is 1. The molecule has 0 amide bonds. The summed E-state index contributed by atoms with van der Waals surface area (Å²) in [4.78, 5) is 14.9. The third-order valence-electron chi connectivity index (χ3n) is 2.61. The summed E-state index contributed by atoms with van der Waals surface area (Å²) in [6, 6.07) is 5.69. The number of rotatable bonds is 1. The van der Waals surface area contributed by atoms with E-state index in [2.05, 4.69) is 10.3 Å². The second kappa shape index (κ2) is 2.95. The van der Waals surface area contributed by atoms with Crippen LogP contribution in [0.2, 0.25) is 0 Å². The average Bonchev–Trinajstić information content (AvgIpc) is 2.72. The van der Waals surface area contributed by atoms with E-state index in [9.17, 15) is 4.79 Å². The Labute approximate surface area is 86.6 Å². The van der Waals surface area contributed by atoms with Crippen LogP contribution >= 0.6 is 0 Å². The first-order valence-electron chi connectivity index (χ1n) is 4.74. The van der Waals surface area contributed by atoms with Crippen molar-refractivity contribution in [3.8, 4) is 5.69 Å². The molecule has 1 aliphatic heterocycles. The Hall–Kier alpha value is -2.10. The highest BCUT2D eigenvalue weighted by molar-refractivity contribution is 5.77. The fraction of sp³-hybridized carbons (Fsp3) is 0.0909.